The molecule has 140 valence electrons. The molecule has 0 aliphatic carbocycles. The summed E-state index contributed by atoms with van der Waals surface area (Å²) in [6.07, 6.45) is -10.1. The topological polar surface area (TPSA) is 24.7 Å². The highest BCUT2D eigenvalue weighted by Gasteiger charge is 2.34. The molecule has 0 saturated carbocycles. The molecule has 0 aliphatic heterocycles. The molecule has 0 heterocycles. The van der Waals surface area contributed by atoms with Crippen molar-refractivity contribution in [3.8, 4) is 0 Å². The number of rotatable bonds is 2. The molecule has 0 aliphatic rings. The molecule has 0 N–H and O–H groups in total. The van der Waals surface area contributed by atoms with Gasteiger partial charge in [-0.25, -0.2) is 17.6 Å². The van der Waals surface area contributed by atoms with Crippen molar-refractivity contribution in [2.24, 2.45) is 10.2 Å². The summed E-state index contributed by atoms with van der Waals surface area (Å²) in [6.45, 7) is 0. The van der Waals surface area contributed by atoms with Crippen molar-refractivity contribution in [3.05, 3.63) is 58.7 Å². The zero-order valence-electron chi connectivity index (χ0n) is 12.0. The second-order valence-electron chi connectivity index (χ2n) is 4.77. The van der Waals surface area contributed by atoms with Gasteiger partial charge in [0.15, 0.2) is 34.6 Å². The Morgan fingerprint density at radius 1 is 0.500 bits per heavy atom. The van der Waals surface area contributed by atoms with E-state index in [1.54, 1.807) is 0 Å². The molecule has 2 aromatic rings. The van der Waals surface area contributed by atoms with E-state index in [2.05, 4.69) is 10.2 Å². The fourth-order valence-electron chi connectivity index (χ4n) is 1.75. The highest BCUT2D eigenvalue weighted by atomic mass is 19.4. The SMILES string of the molecule is Fc1cc(C(F)(F)F)cc(F)c1N=Nc1c(F)cc(C(F)(F)F)cc1F. The molecule has 12 heteroatoms. The summed E-state index contributed by atoms with van der Waals surface area (Å²) in [5.41, 5.74) is -6.18. The van der Waals surface area contributed by atoms with E-state index in [4.69, 9.17) is 0 Å². The fraction of sp³-hybridized carbons (Fsp3) is 0.143. The first-order valence-corrected chi connectivity index (χ1v) is 6.35. The summed E-state index contributed by atoms with van der Waals surface area (Å²) in [7, 11) is 0. The molecule has 26 heavy (non-hydrogen) atoms. The Balaban J connectivity index is 2.45. The van der Waals surface area contributed by atoms with E-state index in [0.29, 0.717) is 0 Å². The van der Waals surface area contributed by atoms with Crippen LogP contribution < -0.4 is 0 Å². The normalized spacial score (nSPS) is 12.8. The van der Waals surface area contributed by atoms with E-state index in [-0.39, 0.29) is 24.3 Å². The third kappa shape index (κ3) is 4.11. The van der Waals surface area contributed by atoms with E-state index in [1.807, 2.05) is 0 Å². The molecule has 2 rings (SSSR count). The van der Waals surface area contributed by atoms with Crippen LogP contribution in [-0.2, 0) is 12.4 Å². The number of benzene rings is 2. The Labute approximate surface area is 137 Å². The molecule has 0 aromatic heterocycles. The number of halogens is 10. The number of nitrogens with zero attached hydrogens (tertiary/aromatic N) is 2. The average Bonchev–Trinajstić information content (AvgIpc) is 2.46. The zero-order chi connectivity index (χ0) is 19.9. The van der Waals surface area contributed by atoms with Crippen LogP contribution in [0.15, 0.2) is 34.5 Å². The maximum atomic E-state index is 13.5. The Morgan fingerprint density at radius 2 is 0.731 bits per heavy atom. The van der Waals surface area contributed by atoms with Gasteiger partial charge in [0.1, 0.15) is 0 Å². The molecule has 0 atom stereocenters. The Morgan fingerprint density at radius 3 is 0.923 bits per heavy atom. The molecule has 0 unspecified atom stereocenters. The monoisotopic (exact) mass is 390 g/mol. The van der Waals surface area contributed by atoms with Crippen LogP contribution in [0.5, 0.6) is 0 Å². The molecule has 0 radical (unpaired) electrons. The Bertz CT molecular complexity index is 749. The van der Waals surface area contributed by atoms with E-state index >= 15 is 0 Å². The average molecular weight is 390 g/mol. The van der Waals surface area contributed by atoms with Crippen LogP contribution in [-0.4, -0.2) is 0 Å². The highest BCUT2D eigenvalue weighted by Crippen LogP contribution is 2.36. The molecule has 0 amide bonds. The van der Waals surface area contributed by atoms with E-state index in [9.17, 15) is 43.9 Å². The molecule has 0 bridgehead atoms. The largest absolute Gasteiger partial charge is 0.416 e. The lowest BCUT2D eigenvalue weighted by Crippen LogP contribution is -2.06. The highest BCUT2D eigenvalue weighted by molar-refractivity contribution is 5.46. The predicted molar refractivity (Wildman–Crippen MR) is 66.9 cm³/mol. The van der Waals surface area contributed by atoms with Gasteiger partial charge >= 0.3 is 12.4 Å². The fourth-order valence-corrected chi connectivity index (χ4v) is 1.75. The summed E-state index contributed by atoms with van der Waals surface area (Å²) < 4.78 is 128. The van der Waals surface area contributed by atoms with Crippen molar-refractivity contribution in [2.45, 2.75) is 12.4 Å². The molecule has 0 fully saturated rings. The maximum absolute atomic E-state index is 13.5. The van der Waals surface area contributed by atoms with Crippen LogP contribution in [0.1, 0.15) is 11.1 Å². The minimum Gasteiger partial charge on any atom is -0.204 e. The summed E-state index contributed by atoms with van der Waals surface area (Å²) in [5.74, 6) is -7.36. The first-order valence-electron chi connectivity index (χ1n) is 6.35. The Hall–Kier alpha value is -2.66. The number of azo groups is 1. The first kappa shape index (κ1) is 19.7. The van der Waals surface area contributed by atoms with Crippen LogP contribution in [0, 0.1) is 23.3 Å². The lowest BCUT2D eigenvalue weighted by molar-refractivity contribution is -0.138. The lowest BCUT2D eigenvalue weighted by atomic mass is 10.2. The number of hydrogen-bond acceptors (Lipinski definition) is 2. The van der Waals surface area contributed by atoms with Crippen LogP contribution in [0.2, 0.25) is 0 Å². The third-order valence-corrected chi connectivity index (χ3v) is 2.94. The number of hydrogen-bond donors (Lipinski definition) is 0. The zero-order valence-corrected chi connectivity index (χ0v) is 12.0. The van der Waals surface area contributed by atoms with E-state index in [1.165, 1.54) is 0 Å². The minimum atomic E-state index is -5.07. The van der Waals surface area contributed by atoms with E-state index < -0.39 is 58.1 Å². The quantitative estimate of drug-likeness (QED) is 0.403. The van der Waals surface area contributed by atoms with Crippen molar-refractivity contribution < 1.29 is 43.9 Å². The van der Waals surface area contributed by atoms with E-state index in [0.717, 1.165) is 0 Å². The molecule has 2 nitrogen and oxygen atoms in total. The standard InChI is InChI=1S/C14H4F10N2/c15-7-1-5(13(19,20)21)2-8(16)11(7)25-26-12-9(17)3-6(4-10(12)18)14(22,23)24/h1-4H. The van der Waals surface area contributed by atoms with Crippen molar-refractivity contribution in [3.63, 3.8) is 0 Å². The Kier molecular flexibility index (Phi) is 4.97. The van der Waals surface area contributed by atoms with Crippen molar-refractivity contribution >= 4 is 11.4 Å². The van der Waals surface area contributed by atoms with Gasteiger partial charge in [-0.15, -0.1) is 10.2 Å². The molecule has 0 spiro atoms. The smallest absolute Gasteiger partial charge is 0.204 e. The summed E-state index contributed by atoms with van der Waals surface area (Å²) in [4.78, 5) is 0. The third-order valence-electron chi connectivity index (χ3n) is 2.94. The van der Waals surface area contributed by atoms with Gasteiger partial charge in [-0.2, -0.15) is 26.3 Å². The van der Waals surface area contributed by atoms with Gasteiger partial charge < -0.3 is 0 Å². The summed E-state index contributed by atoms with van der Waals surface area (Å²) >= 11 is 0. The van der Waals surface area contributed by atoms with Crippen molar-refractivity contribution in [2.75, 3.05) is 0 Å². The van der Waals surface area contributed by atoms with Gasteiger partial charge in [0, 0.05) is 0 Å². The summed E-state index contributed by atoms with van der Waals surface area (Å²) in [6, 6.07) is -0.512. The van der Waals surface area contributed by atoms with Crippen LogP contribution >= 0.6 is 0 Å². The molecule has 0 saturated heterocycles. The summed E-state index contributed by atoms with van der Waals surface area (Å²) in [5, 5.41) is 5.52. The minimum absolute atomic E-state index is 0.128. The van der Waals surface area contributed by atoms with Crippen LogP contribution in [0.25, 0.3) is 0 Å². The van der Waals surface area contributed by atoms with Gasteiger partial charge in [0.25, 0.3) is 0 Å². The van der Waals surface area contributed by atoms with Crippen molar-refractivity contribution in [1.29, 1.82) is 0 Å². The van der Waals surface area contributed by atoms with Gasteiger partial charge in [0.2, 0.25) is 0 Å². The van der Waals surface area contributed by atoms with Gasteiger partial charge in [-0.05, 0) is 24.3 Å². The van der Waals surface area contributed by atoms with Gasteiger partial charge in [-0.1, -0.05) is 0 Å². The molecule has 2 aromatic carbocycles. The number of alkyl halides is 6. The second-order valence-corrected chi connectivity index (χ2v) is 4.77. The second kappa shape index (κ2) is 6.57. The maximum Gasteiger partial charge on any atom is 0.416 e. The molecular formula is C14H4F10N2. The lowest BCUT2D eigenvalue weighted by Gasteiger charge is -2.09. The first-order chi connectivity index (χ1) is 11.8. The van der Waals surface area contributed by atoms with Gasteiger partial charge in [-0.3, -0.25) is 0 Å². The van der Waals surface area contributed by atoms with Crippen molar-refractivity contribution in [1.82, 2.24) is 0 Å². The van der Waals surface area contributed by atoms with Gasteiger partial charge in [0.05, 0.1) is 11.1 Å². The van der Waals surface area contributed by atoms with Crippen LogP contribution in [0.4, 0.5) is 55.3 Å². The van der Waals surface area contributed by atoms with Crippen LogP contribution in [0.3, 0.4) is 0 Å². The predicted octanol–water partition coefficient (Wildman–Crippen LogP) is 6.70. The molecular weight excluding hydrogens is 386 g/mol.